The highest BCUT2D eigenvalue weighted by Gasteiger charge is 2.84. The lowest BCUT2D eigenvalue weighted by atomic mass is 10.00. The SMILES string of the molecule is FN(F)/C(=C(\N(F)F)C(F)(F)C(F)(F)C(F)(F)C(F)(F)F)C(F)(F)F. The fourth-order valence-electron chi connectivity index (χ4n) is 1.17. The molecule has 0 aromatic heterocycles. The Bertz CT molecular complexity index is 510. The molecule has 0 fully saturated rings. The molecule has 0 aliphatic heterocycles. The molecule has 25 heavy (non-hydrogen) atoms. The topological polar surface area (TPSA) is 6.48 Å². The summed E-state index contributed by atoms with van der Waals surface area (Å²) in [6.45, 7) is 0. The number of rotatable bonds is 5. The molecule has 0 aliphatic carbocycles. The molecule has 2 nitrogen and oxygen atoms in total. The van der Waals surface area contributed by atoms with E-state index in [1.54, 1.807) is 0 Å². The van der Waals surface area contributed by atoms with Crippen LogP contribution in [0.4, 0.5) is 70.6 Å². The van der Waals surface area contributed by atoms with E-state index in [0.717, 1.165) is 0 Å². The van der Waals surface area contributed by atoms with Gasteiger partial charge in [-0.3, -0.25) is 0 Å². The van der Waals surface area contributed by atoms with Crippen LogP contribution in [0.15, 0.2) is 11.4 Å². The first-order chi connectivity index (χ1) is 10.6. The Morgan fingerprint density at radius 3 is 1.00 bits per heavy atom. The van der Waals surface area contributed by atoms with Crippen LogP contribution in [0.5, 0.6) is 0 Å². The second kappa shape index (κ2) is 6.19. The zero-order valence-corrected chi connectivity index (χ0v) is 10.4. The van der Waals surface area contributed by atoms with E-state index in [1.807, 2.05) is 0 Å². The Morgan fingerprint density at radius 2 is 0.800 bits per heavy atom. The molecule has 0 saturated heterocycles. The molecule has 0 aromatic rings. The second-order valence-electron chi connectivity index (χ2n) is 3.88. The fourth-order valence-corrected chi connectivity index (χ4v) is 1.17. The smallest absolute Gasteiger partial charge is 0.192 e. The number of halogens is 16. The van der Waals surface area contributed by atoms with Crippen LogP contribution in [-0.4, -0.2) is 40.8 Å². The zero-order valence-electron chi connectivity index (χ0n) is 10.4. The highest BCUT2D eigenvalue weighted by Crippen LogP contribution is 2.57. The first kappa shape index (κ1) is 23.2. The third-order valence-corrected chi connectivity index (χ3v) is 2.27. The second-order valence-corrected chi connectivity index (χ2v) is 3.88. The zero-order chi connectivity index (χ0) is 20.8. The maximum atomic E-state index is 13.1. The molecule has 0 rings (SSSR count). The van der Waals surface area contributed by atoms with Crippen LogP contribution < -0.4 is 0 Å². The van der Waals surface area contributed by atoms with Crippen LogP contribution in [0, 0.1) is 0 Å². The Labute approximate surface area is 124 Å². The van der Waals surface area contributed by atoms with Crippen LogP contribution >= 0.6 is 0 Å². The summed E-state index contributed by atoms with van der Waals surface area (Å²) >= 11 is 0. The minimum absolute atomic E-state index is 3.63. The van der Waals surface area contributed by atoms with Gasteiger partial charge in [-0.1, -0.05) is 17.9 Å². The van der Waals surface area contributed by atoms with Crippen molar-refractivity contribution in [2.24, 2.45) is 0 Å². The van der Waals surface area contributed by atoms with Crippen molar-refractivity contribution in [3.8, 4) is 0 Å². The van der Waals surface area contributed by atoms with Gasteiger partial charge in [-0.2, -0.15) is 52.7 Å². The highest BCUT2D eigenvalue weighted by molar-refractivity contribution is 5.25. The molecule has 18 heteroatoms. The van der Waals surface area contributed by atoms with Gasteiger partial charge in [-0.25, -0.2) is 0 Å². The monoisotopic (exact) mass is 416 g/mol. The molecule has 0 unspecified atom stereocenters. The third kappa shape index (κ3) is 3.75. The molecule has 0 spiro atoms. The summed E-state index contributed by atoms with van der Waals surface area (Å²) in [5.41, 5.74) is -9.43. The van der Waals surface area contributed by atoms with Crippen molar-refractivity contribution in [1.29, 1.82) is 0 Å². The Hall–Kier alpha value is -1.78. The van der Waals surface area contributed by atoms with Crippen LogP contribution in [-0.2, 0) is 0 Å². The predicted octanol–water partition coefficient (Wildman–Crippen LogP) is 5.37. The summed E-state index contributed by atoms with van der Waals surface area (Å²) in [6, 6.07) is 0. The van der Waals surface area contributed by atoms with E-state index in [1.165, 1.54) is 0 Å². The molecule has 0 aromatic carbocycles. The molecule has 0 saturated carbocycles. The fraction of sp³-hybridized carbons (Fsp3) is 0.714. The Balaban J connectivity index is 6.88. The first-order valence-electron chi connectivity index (χ1n) is 4.89. The summed E-state index contributed by atoms with van der Waals surface area (Å²) in [5.74, 6) is -23.6. The van der Waals surface area contributed by atoms with Crippen LogP contribution in [0.1, 0.15) is 0 Å². The molecule has 0 atom stereocenters. The van der Waals surface area contributed by atoms with Crippen molar-refractivity contribution in [3.05, 3.63) is 11.4 Å². The summed E-state index contributed by atoms with van der Waals surface area (Å²) in [7, 11) is 0. The average Bonchev–Trinajstić information content (AvgIpc) is 2.30. The lowest BCUT2D eigenvalue weighted by Crippen LogP contribution is -2.62. The first-order valence-corrected chi connectivity index (χ1v) is 4.89. The lowest BCUT2D eigenvalue weighted by Gasteiger charge is -2.35. The minimum atomic E-state index is -8.02. The molecular formula is C7F16N2. The number of hydrogen-bond donors (Lipinski definition) is 0. The van der Waals surface area contributed by atoms with E-state index in [9.17, 15) is 70.6 Å². The maximum absolute atomic E-state index is 13.1. The van der Waals surface area contributed by atoms with E-state index < -0.39 is 52.2 Å². The number of hydrogen-bond acceptors (Lipinski definition) is 2. The van der Waals surface area contributed by atoms with Crippen LogP contribution in [0.25, 0.3) is 0 Å². The molecule has 0 amide bonds. The Kier molecular flexibility index (Phi) is 5.74. The van der Waals surface area contributed by atoms with E-state index in [2.05, 4.69) is 0 Å². The molecule has 0 aliphatic rings. The van der Waals surface area contributed by atoms with Crippen molar-refractivity contribution in [2.45, 2.75) is 30.1 Å². The molecular weight excluding hydrogens is 416 g/mol. The van der Waals surface area contributed by atoms with E-state index in [0.29, 0.717) is 0 Å². The summed E-state index contributed by atoms with van der Waals surface area (Å²) < 4.78 is 197. The van der Waals surface area contributed by atoms with Crippen molar-refractivity contribution < 1.29 is 70.6 Å². The van der Waals surface area contributed by atoms with Gasteiger partial charge in [-0.15, -0.1) is 0 Å². The van der Waals surface area contributed by atoms with E-state index >= 15 is 0 Å². The van der Waals surface area contributed by atoms with Gasteiger partial charge in [0.15, 0.2) is 5.70 Å². The highest BCUT2D eigenvalue weighted by atomic mass is 19.4. The van der Waals surface area contributed by atoms with Gasteiger partial charge in [0.1, 0.15) is 0 Å². The van der Waals surface area contributed by atoms with Crippen molar-refractivity contribution in [2.75, 3.05) is 0 Å². The van der Waals surface area contributed by atoms with Gasteiger partial charge < -0.3 is 0 Å². The predicted molar refractivity (Wildman–Crippen MR) is 42.1 cm³/mol. The number of nitrogens with zero attached hydrogens (tertiary/aromatic N) is 2. The average molecular weight is 416 g/mol. The molecule has 150 valence electrons. The number of alkyl halides is 12. The van der Waals surface area contributed by atoms with Gasteiger partial charge in [-0.05, 0) is 10.7 Å². The van der Waals surface area contributed by atoms with E-state index in [4.69, 9.17) is 0 Å². The molecule has 0 bridgehead atoms. The number of allylic oxidation sites excluding steroid dienone is 2. The maximum Gasteiger partial charge on any atom is 0.460 e. The van der Waals surface area contributed by atoms with Gasteiger partial charge in [0, 0.05) is 0 Å². The Morgan fingerprint density at radius 1 is 0.480 bits per heavy atom. The largest absolute Gasteiger partial charge is 0.460 e. The van der Waals surface area contributed by atoms with Gasteiger partial charge in [0.25, 0.3) is 0 Å². The molecule has 0 N–H and O–H groups in total. The normalized spacial score (nSPS) is 15.8. The van der Waals surface area contributed by atoms with E-state index in [-0.39, 0.29) is 0 Å². The minimum Gasteiger partial charge on any atom is -0.192 e. The van der Waals surface area contributed by atoms with Gasteiger partial charge in [0.05, 0.1) is 0 Å². The van der Waals surface area contributed by atoms with Crippen LogP contribution in [0.2, 0.25) is 0 Å². The summed E-state index contributed by atoms with van der Waals surface area (Å²) in [6.07, 6.45) is -14.5. The van der Waals surface area contributed by atoms with Gasteiger partial charge in [0.2, 0.25) is 5.70 Å². The van der Waals surface area contributed by atoms with Crippen molar-refractivity contribution in [1.82, 2.24) is 10.7 Å². The molecule has 0 radical (unpaired) electrons. The quantitative estimate of drug-likeness (QED) is 0.440. The van der Waals surface area contributed by atoms with Crippen molar-refractivity contribution >= 4 is 0 Å². The summed E-state index contributed by atoms with van der Waals surface area (Å²) in [4.78, 5) is 0. The standard InChI is InChI=1S/C7F16N2/c8-3(9,5(13,14)6(15,16)7(17,18)19)1(24(20)21)2(25(22)23)4(10,11)12/b2-1-. The van der Waals surface area contributed by atoms with Crippen LogP contribution in [0.3, 0.4) is 0 Å². The van der Waals surface area contributed by atoms with Gasteiger partial charge >= 0.3 is 30.1 Å². The summed E-state index contributed by atoms with van der Waals surface area (Å²) in [5, 5.41) is -7.41. The third-order valence-electron chi connectivity index (χ3n) is 2.27. The molecule has 0 heterocycles. The van der Waals surface area contributed by atoms with Crippen molar-refractivity contribution in [3.63, 3.8) is 0 Å². The lowest BCUT2D eigenvalue weighted by molar-refractivity contribution is -0.396.